The van der Waals surface area contributed by atoms with Crippen molar-refractivity contribution in [1.82, 2.24) is 0 Å². The highest BCUT2D eigenvalue weighted by Gasteiger charge is 2.61. The first kappa shape index (κ1) is 25.9. The van der Waals surface area contributed by atoms with Gasteiger partial charge in [-0.2, -0.15) is 0 Å². The van der Waals surface area contributed by atoms with Crippen molar-refractivity contribution in [2.24, 2.45) is 11.8 Å². The number of rotatable bonds is 5. The Morgan fingerprint density at radius 1 is 0.714 bits per heavy atom. The van der Waals surface area contributed by atoms with Gasteiger partial charge in [-0.05, 0) is 77.6 Å². The van der Waals surface area contributed by atoms with Crippen LogP contribution in [0.15, 0.2) is 91.0 Å². The molecule has 3 aliphatic carbocycles. The molecule has 3 amide bonds. The van der Waals surface area contributed by atoms with Gasteiger partial charge >= 0.3 is 5.97 Å². The minimum atomic E-state index is -0.719. The Balaban J connectivity index is 1.12. The maximum atomic E-state index is 14.0. The number of nitrogens with zero attached hydrogens (tertiary/aromatic N) is 1. The standard InChI is InChI=1S/C35H28N2O5/c1-19-14-15-22(16-20(19)2)36-28(38)18-42-35(41)21-8-7-9-23(17-21)37-33(39)31-29-24-10-3-4-11-25(24)30(32(31)34(37)40)27-13-6-5-12-26(27)29/h3-17,29-32H,18H2,1-2H3,(H,36,38)/t29?,30?,31-,32-/m1/s1. The molecule has 0 spiro atoms. The molecule has 0 unspecified atom stereocenters. The SMILES string of the molecule is Cc1ccc(NC(=O)COC(=O)c2cccc(N3C(=O)[C@@H]4C5c6ccccc6C(c6ccccc65)[C@H]4C3=O)c2)cc1C. The Kier molecular flexibility index (Phi) is 6.04. The molecule has 7 nitrogen and oxygen atoms in total. The molecule has 7 heteroatoms. The lowest BCUT2D eigenvalue weighted by Gasteiger charge is -2.45. The van der Waals surface area contributed by atoms with E-state index in [2.05, 4.69) is 29.6 Å². The molecule has 1 heterocycles. The monoisotopic (exact) mass is 556 g/mol. The number of hydrogen-bond donors (Lipinski definition) is 1. The second-order valence-corrected chi connectivity index (χ2v) is 11.3. The van der Waals surface area contributed by atoms with Gasteiger partial charge in [0.1, 0.15) is 0 Å². The topological polar surface area (TPSA) is 92.8 Å². The average molecular weight is 557 g/mol. The van der Waals surface area contributed by atoms with E-state index in [9.17, 15) is 19.2 Å². The number of imide groups is 1. The molecular formula is C35H28N2O5. The molecule has 1 aliphatic heterocycles. The molecule has 0 aromatic heterocycles. The van der Waals surface area contributed by atoms with Gasteiger partial charge in [0.05, 0.1) is 23.1 Å². The van der Waals surface area contributed by atoms with E-state index in [0.717, 1.165) is 33.4 Å². The van der Waals surface area contributed by atoms with Gasteiger partial charge in [-0.25, -0.2) is 9.69 Å². The third-order valence-electron chi connectivity index (χ3n) is 8.91. The van der Waals surface area contributed by atoms with Crippen LogP contribution in [0.1, 0.15) is 55.6 Å². The minimum Gasteiger partial charge on any atom is -0.452 e. The highest BCUT2D eigenvalue weighted by atomic mass is 16.5. The number of esters is 1. The van der Waals surface area contributed by atoms with Crippen LogP contribution in [0, 0.1) is 25.7 Å². The summed E-state index contributed by atoms with van der Waals surface area (Å²) in [7, 11) is 0. The van der Waals surface area contributed by atoms with Crippen LogP contribution in [0.2, 0.25) is 0 Å². The highest BCUT2D eigenvalue weighted by molar-refractivity contribution is 6.23. The Morgan fingerprint density at radius 2 is 1.29 bits per heavy atom. The summed E-state index contributed by atoms with van der Waals surface area (Å²) in [5, 5.41) is 2.73. The van der Waals surface area contributed by atoms with Gasteiger partial charge in [0.25, 0.3) is 5.91 Å². The Labute approximate surface area is 243 Å². The Morgan fingerprint density at radius 3 is 1.83 bits per heavy atom. The molecule has 0 radical (unpaired) electrons. The van der Waals surface area contributed by atoms with Gasteiger partial charge in [0, 0.05) is 17.5 Å². The molecule has 2 atom stereocenters. The van der Waals surface area contributed by atoms with E-state index >= 15 is 0 Å². The van der Waals surface area contributed by atoms with Crippen LogP contribution in [0.25, 0.3) is 0 Å². The zero-order valence-electron chi connectivity index (χ0n) is 23.2. The van der Waals surface area contributed by atoms with Crippen LogP contribution in [-0.4, -0.2) is 30.3 Å². The summed E-state index contributed by atoms with van der Waals surface area (Å²) < 4.78 is 5.27. The van der Waals surface area contributed by atoms with Crippen molar-refractivity contribution in [1.29, 1.82) is 0 Å². The van der Waals surface area contributed by atoms with Crippen molar-refractivity contribution in [3.63, 3.8) is 0 Å². The van der Waals surface area contributed by atoms with Gasteiger partial charge in [0.2, 0.25) is 11.8 Å². The van der Waals surface area contributed by atoms with Crippen LogP contribution in [0.5, 0.6) is 0 Å². The molecule has 2 bridgehead atoms. The van der Waals surface area contributed by atoms with Crippen LogP contribution >= 0.6 is 0 Å². The number of amides is 3. The van der Waals surface area contributed by atoms with Gasteiger partial charge in [-0.1, -0.05) is 60.7 Å². The van der Waals surface area contributed by atoms with Gasteiger partial charge in [-0.15, -0.1) is 0 Å². The number of carbonyl (C=O) groups excluding carboxylic acids is 4. The fourth-order valence-electron chi connectivity index (χ4n) is 6.93. The predicted octanol–water partition coefficient (Wildman–Crippen LogP) is 5.50. The third-order valence-corrected chi connectivity index (χ3v) is 8.91. The summed E-state index contributed by atoms with van der Waals surface area (Å²) in [4.78, 5) is 54.6. The zero-order valence-corrected chi connectivity index (χ0v) is 23.2. The van der Waals surface area contributed by atoms with Crippen LogP contribution < -0.4 is 10.2 Å². The number of aryl methyl sites for hydroxylation is 2. The summed E-state index contributed by atoms with van der Waals surface area (Å²) in [5.41, 5.74) is 7.63. The number of ether oxygens (including phenoxy) is 1. The molecule has 42 heavy (non-hydrogen) atoms. The number of anilines is 2. The van der Waals surface area contributed by atoms with Crippen molar-refractivity contribution in [2.45, 2.75) is 25.7 Å². The first-order valence-corrected chi connectivity index (χ1v) is 14.0. The number of benzene rings is 4. The normalized spacial score (nSPS) is 21.4. The lowest BCUT2D eigenvalue weighted by atomic mass is 9.55. The molecule has 8 rings (SSSR count). The molecule has 4 aromatic rings. The molecule has 208 valence electrons. The van der Waals surface area contributed by atoms with E-state index in [1.54, 1.807) is 24.3 Å². The molecule has 0 saturated carbocycles. The van der Waals surface area contributed by atoms with Gasteiger partial charge in [-0.3, -0.25) is 14.4 Å². The number of hydrogen-bond acceptors (Lipinski definition) is 5. The second-order valence-electron chi connectivity index (χ2n) is 11.3. The van der Waals surface area contributed by atoms with Crippen molar-refractivity contribution >= 4 is 35.1 Å². The van der Waals surface area contributed by atoms with Crippen molar-refractivity contribution in [3.8, 4) is 0 Å². The summed E-state index contributed by atoms with van der Waals surface area (Å²) in [6.45, 7) is 3.46. The molecule has 1 N–H and O–H groups in total. The quantitative estimate of drug-likeness (QED) is 0.259. The van der Waals surface area contributed by atoms with Crippen LogP contribution in [-0.2, 0) is 19.1 Å². The van der Waals surface area contributed by atoms with E-state index in [-0.39, 0.29) is 29.2 Å². The average Bonchev–Trinajstić information content (AvgIpc) is 3.27. The Hall–Kier alpha value is -5.04. The van der Waals surface area contributed by atoms with Crippen molar-refractivity contribution in [2.75, 3.05) is 16.8 Å². The summed E-state index contributed by atoms with van der Waals surface area (Å²) in [6, 6.07) is 28.0. The molecule has 1 saturated heterocycles. The lowest BCUT2D eigenvalue weighted by Crippen LogP contribution is -2.41. The largest absolute Gasteiger partial charge is 0.452 e. The maximum absolute atomic E-state index is 14.0. The van der Waals surface area contributed by atoms with Gasteiger partial charge in [0.15, 0.2) is 6.61 Å². The smallest absolute Gasteiger partial charge is 0.338 e. The van der Waals surface area contributed by atoms with E-state index < -0.39 is 30.3 Å². The van der Waals surface area contributed by atoms with Crippen LogP contribution in [0.4, 0.5) is 11.4 Å². The van der Waals surface area contributed by atoms with E-state index in [1.165, 1.54) is 11.0 Å². The van der Waals surface area contributed by atoms with E-state index in [1.807, 2.05) is 50.2 Å². The van der Waals surface area contributed by atoms with Crippen molar-refractivity contribution in [3.05, 3.63) is 130 Å². The predicted molar refractivity (Wildman–Crippen MR) is 157 cm³/mol. The number of carbonyl (C=O) groups is 4. The van der Waals surface area contributed by atoms with Crippen LogP contribution in [0.3, 0.4) is 0 Å². The third kappa shape index (κ3) is 3.96. The summed E-state index contributed by atoms with van der Waals surface area (Å²) in [5.74, 6) is -3.16. The fraction of sp³-hybridized carbons (Fsp3) is 0.200. The lowest BCUT2D eigenvalue weighted by molar-refractivity contribution is -0.122. The van der Waals surface area contributed by atoms with E-state index in [0.29, 0.717) is 11.4 Å². The maximum Gasteiger partial charge on any atom is 0.338 e. The Bertz CT molecular complexity index is 1700. The summed E-state index contributed by atoms with van der Waals surface area (Å²) in [6.07, 6.45) is 0. The zero-order chi connectivity index (χ0) is 29.1. The molecule has 1 fully saturated rings. The first-order valence-electron chi connectivity index (χ1n) is 14.0. The van der Waals surface area contributed by atoms with Crippen molar-refractivity contribution < 1.29 is 23.9 Å². The van der Waals surface area contributed by atoms with Gasteiger partial charge < -0.3 is 10.1 Å². The molecular weight excluding hydrogens is 528 g/mol. The summed E-state index contributed by atoms with van der Waals surface area (Å²) >= 11 is 0. The van der Waals surface area contributed by atoms with E-state index in [4.69, 9.17) is 4.74 Å². The fourth-order valence-corrected chi connectivity index (χ4v) is 6.93. The first-order chi connectivity index (χ1) is 20.3. The second kappa shape index (κ2) is 9.80. The molecule has 4 aromatic carbocycles. The number of nitrogens with one attached hydrogen (secondary N) is 1. The minimum absolute atomic E-state index is 0.150. The highest BCUT2D eigenvalue weighted by Crippen LogP contribution is 2.61. The molecule has 4 aliphatic rings.